The van der Waals surface area contributed by atoms with Crippen LogP contribution < -0.4 is 10.6 Å². The van der Waals surface area contributed by atoms with Crippen LogP contribution in [0.25, 0.3) is 5.65 Å². The molecule has 1 atom stereocenters. The lowest BCUT2D eigenvalue weighted by Crippen LogP contribution is -2.34. The lowest BCUT2D eigenvalue weighted by molar-refractivity contribution is -0.121. The molecule has 0 aromatic carbocycles. The number of thioether (sulfide) groups is 1. The van der Waals surface area contributed by atoms with Gasteiger partial charge in [0.05, 0.1) is 12.6 Å². The summed E-state index contributed by atoms with van der Waals surface area (Å²) in [4.78, 5) is 23.5. The molecular weight excluding hydrogens is 342 g/mol. The number of hydrogen-bond donors (Lipinski definition) is 2. The molecule has 8 nitrogen and oxygen atoms in total. The minimum atomic E-state index is -0.516. The third-order valence-electron chi connectivity index (χ3n) is 3.49. The monoisotopic (exact) mass is 365 g/mol. The smallest absolute Gasteiger partial charge is 0.407 e. The summed E-state index contributed by atoms with van der Waals surface area (Å²) in [5, 5.41) is 13.9. The SMILES string of the molecule is CCOC(=O)NCCC(=O)NC(CCSC)c1nnc2ccccn12. The van der Waals surface area contributed by atoms with Crippen LogP contribution in [0, 0.1) is 0 Å². The maximum Gasteiger partial charge on any atom is 0.407 e. The van der Waals surface area contributed by atoms with Crippen molar-refractivity contribution in [1.29, 1.82) is 0 Å². The molecule has 9 heteroatoms. The van der Waals surface area contributed by atoms with Crippen LogP contribution in [0.3, 0.4) is 0 Å². The van der Waals surface area contributed by atoms with E-state index in [-0.39, 0.29) is 24.9 Å². The lowest BCUT2D eigenvalue weighted by atomic mass is 10.2. The first-order chi connectivity index (χ1) is 12.2. The Morgan fingerprint density at radius 1 is 1.36 bits per heavy atom. The van der Waals surface area contributed by atoms with Crippen LogP contribution in [-0.4, -0.2) is 51.8 Å². The van der Waals surface area contributed by atoms with Crippen LogP contribution in [0.5, 0.6) is 0 Å². The quantitative estimate of drug-likeness (QED) is 0.703. The van der Waals surface area contributed by atoms with Crippen molar-refractivity contribution in [3.63, 3.8) is 0 Å². The molecule has 136 valence electrons. The minimum Gasteiger partial charge on any atom is -0.450 e. The summed E-state index contributed by atoms with van der Waals surface area (Å²) in [6, 6.07) is 5.42. The van der Waals surface area contributed by atoms with Gasteiger partial charge in [-0.05, 0) is 37.5 Å². The Morgan fingerprint density at radius 2 is 2.20 bits per heavy atom. The lowest BCUT2D eigenvalue weighted by Gasteiger charge is -2.17. The van der Waals surface area contributed by atoms with E-state index in [4.69, 9.17) is 4.74 Å². The minimum absolute atomic E-state index is 0.157. The Morgan fingerprint density at radius 3 is 2.96 bits per heavy atom. The second-order valence-electron chi connectivity index (χ2n) is 5.29. The number of carbonyl (C=O) groups is 2. The standard InChI is InChI=1S/C16H23N5O3S/c1-3-24-16(23)17-9-7-14(22)18-12(8-11-25-2)15-20-19-13-6-4-5-10-21(13)15/h4-6,10,12H,3,7-9,11H2,1-2H3,(H,17,23)(H,18,22). The summed E-state index contributed by atoms with van der Waals surface area (Å²) in [5.41, 5.74) is 0.741. The van der Waals surface area contributed by atoms with Gasteiger partial charge in [-0.2, -0.15) is 11.8 Å². The van der Waals surface area contributed by atoms with E-state index in [1.807, 2.05) is 35.1 Å². The Balaban J connectivity index is 1.98. The Hall–Kier alpha value is -2.29. The van der Waals surface area contributed by atoms with Gasteiger partial charge in [0.2, 0.25) is 5.91 Å². The topological polar surface area (TPSA) is 97.6 Å². The van der Waals surface area contributed by atoms with Gasteiger partial charge in [-0.15, -0.1) is 10.2 Å². The molecule has 2 N–H and O–H groups in total. The van der Waals surface area contributed by atoms with Crippen LogP contribution >= 0.6 is 11.8 Å². The maximum absolute atomic E-state index is 12.2. The number of rotatable bonds is 9. The highest BCUT2D eigenvalue weighted by molar-refractivity contribution is 7.98. The fourth-order valence-electron chi connectivity index (χ4n) is 2.33. The number of aromatic nitrogens is 3. The van der Waals surface area contributed by atoms with E-state index in [9.17, 15) is 9.59 Å². The normalized spacial score (nSPS) is 11.9. The molecular formula is C16H23N5O3S. The molecule has 0 aliphatic heterocycles. The van der Waals surface area contributed by atoms with Crippen molar-refractivity contribution in [1.82, 2.24) is 25.2 Å². The molecule has 0 aliphatic rings. The van der Waals surface area contributed by atoms with Gasteiger partial charge in [-0.1, -0.05) is 6.07 Å². The number of amides is 2. The first kappa shape index (κ1) is 19.0. The van der Waals surface area contributed by atoms with E-state index in [0.717, 1.165) is 17.8 Å². The van der Waals surface area contributed by atoms with Crippen molar-refractivity contribution >= 4 is 29.4 Å². The summed E-state index contributed by atoms with van der Waals surface area (Å²) >= 11 is 1.70. The molecule has 0 saturated heterocycles. The predicted molar refractivity (Wildman–Crippen MR) is 96.5 cm³/mol. The van der Waals surface area contributed by atoms with Gasteiger partial charge in [0.15, 0.2) is 11.5 Å². The van der Waals surface area contributed by atoms with E-state index in [1.54, 1.807) is 18.7 Å². The van der Waals surface area contributed by atoms with Crippen LogP contribution in [0.15, 0.2) is 24.4 Å². The Bertz CT molecular complexity index is 706. The van der Waals surface area contributed by atoms with Crippen molar-refractivity contribution in [2.45, 2.75) is 25.8 Å². The molecule has 2 heterocycles. The van der Waals surface area contributed by atoms with E-state index in [1.165, 1.54) is 0 Å². The zero-order valence-corrected chi connectivity index (χ0v) is 15.2. The number of ether oxygens (including phenoxy) is 1. The summed E-state index contributed by atoms with van der Waals surface area (Å²) in [5.74, 6) is 1.43. The van der Waals surface area contributed by atoms with Gasteiger partial charge in [-0.25, -0.2) is 4.79 Å². The zero-order valence-electron chi connectivity index (χ0n) is 14.4. The Labute approximate surface area is 150 Å². The number of alkyl carbamates (subject to hydrolysis) is 1. The van der Waals surface area contributed by atoms with Crippen LogP contribution in [0.2, 0.25) is 0 Å². The molecule has 0 bridgehead atoms. The molecule has 2 aromatic heterocycles. The van der Waals surface area contributed by atoms with E-state index >= 15 is 0 Å². The first-order valence-corrected chi connectivity index (χ1v) is 9.53. The fourth-order valence-corrected chi connectivity index (χ4v) is 2.80. The van der Waals surface area contributed by atoms with Crippen molar-refractivity contribution in [2.24, 2.45) is 0 Å². The van der Waals surface area contributed by atoms with Crippen LogP contribution in [0.4, 0.5) is 4.79 Å². The molecule has 0 aliphatic carbocycles. The molecule has 0 spiro atoms. The summed E-state index contributed by atoms with van der Waals surface area (Å²) in [7, 11) is 0. The van der Waals surface area contributed by atoms with E-state index in [0.29, 0.717) is 12.4 Å². The van der Waals surface area contributed by atoms with Gasteiger partial charge in [0.1, 0.15) is 0 Å². The van der Waals surface area contributed by atoms with Gasteiger partial charge >= 0.3 is 6.09 Å². The number of nitrogens with zero attached hydrogens (tertiary/aromatic N) is 3. The second-order valence-corrected chi connectivity index (χ2v) is 6.27. The van der Waals surface area contributed by atoms with Gasteiger partial charge in [0, 0.05) is 19.2 Å². The van der Waals surface area contributed by atoms with Crippen molar-refractivity contribution < 1.29 is 14.3 Å². The second kappa shape index (κ2) is 9.87. The molecule has 2 aromatic rings. The highest BCUT2D eigenvalue weighted by Gasteiger charge is 2.20. The summed E-state index contributed by atoms with van der Waals surface area (Å²) < 4.78 is 6.64. The number of pyridine rings is 1. The van der Waals surface area contributed by atoms with Gasteiger partial charge < -0.3 is 15.4 Å². The van der Waals surface area contributed by atoms with E-state index < -0.39 is 6.09 Å². The number of carbonyl (C=O) groups excluding carboxylic acids is 2. The van der Waals surface area contributed by atoms with Crippen molar-refractivity contribution in [3.8, 4) is 0 Å². The Kier molecular flexibility index (Phi) is 7.52. The highest BCUT2D eigenvalue weighted by Crippen LogP contribution is 2.18. The zero-order chi connectivity index (χ0) is 18.1. The molecule has 2 rings (SSSR count). The van der Waals surface area contributed by atoms with Crippen LogP contribution in [-0.2, 0) is 9.53 Å². The molecule has 0 saturated carbocycles. The molecule has 0 radical (unpaired) electrons. The van der Waals surface area contributed by atoms with E-state index in [2.05, 4.69) is 20.8 Å². The molecule has 2 amide bonds. The fraction of sp³-hybridized carbons (Fsp3) is 0.500. The summed E-state index contributed by atoms with van der Waals surface area (Å²) in [6.45, 7) is 2.25. The largest absolute Gasteiger partial charge is 0.450 e. The van der Waals surface area contributed by atoms with Crippen molar-refractivity contribution in [2.75, 3.05) is 25.2 Å². The number of nitrogens with one attached hydrogen (secondary N) is 2. The number of hydrogen-bond acceptors (Lipinski definition) is 6. The third kappa shape index (κ3) is 5.63. The van der Waals surface area contributed by atoms with Gasteiger partial charge in [-0.3, -0.25) is 9.20 Å². The van der Waals surface area contributed by atoms with Gasteiger partial charge in [0.25, 0.3) is 0 Å². The number of fused-ring (bicyclic) bond motifs is 1. The van der Waals surface area contributed by atoms with Crippen molar-refractivity contribution in [3.05, 3.63) is 30.2 Å². The maximum atomic E-state index is 12.2. The average molecular weight is 365 g/mol. The molecule has 1 unspecified atom stereocenters. The predicted octanol–water partition coefficient (Wildman–Crippen LogP) is 1.78. The highest BCUT2D eigenvalue weighted by atomic mass is 32.2. The molecule has 0 fully saturated rings. The average Bonchev–Trinajstić information content (AvgIpc) is 3.03. The summed E-state index contributed by atoms with van der Waals surface area (Å²) in [6.07, 6.45) is 4.30. The third-order valence-corrected chi connectivity index (χ3v) is 4.14. The van der Waals surface area contributed by atoms with Crippen LogP contribution in [0.1, 0.15) is 31.6 Å². The molecule has 25 heavy (non-hydrogen) atoms. The first-order valence-electron chi connectivity index (χ1n) is 8.14.